The fourth-order valence-corrected chi connectivity index (χ4v) is 3.00. The summed E-state index contributed by atoms with van der Waals surface area (Å²) in [5, 5.41) is 11.3. The second-order valence-corrected chi connectivity index (χ2v) is 6.54. The Hall–Kier alpha value is -1.09. The monoisotopic (exact) mass is 230 g/mol. The SMILES string of the molecule is CC(C)(C#N)C(=O)NC1CCS(=O)(=O)C1. The Morgan fingerprint density at radius 1 is 1.53 bits per heavy atom. The van der Waals surface area contributed by atoms with Crippen LogP contribution in [0.2, 0.25) is 0 Å². The lowest BCUT2D eigenvalue weighted by Gasteiger charge is -2.18. The van der Waals surface area contributed by atoms with Gasteiger partial charge in [-0.25, -0.2) is 8.42 Å². The van der Waals surface area contributed by atoms with Gasteiger partial charge in [-0.05, 0) is 20.3 Å². The molecule has 0 saturated carbocycles. The van der Waals surface area contributed by atoms with E-state index in [9.17, 15) is 13.2 Å². The second-order valence-electron chi connectivity index (χ2n) is 4.31. The van der Waals surface area contributed by atoms with Crippen molar-refractivity contribution in [1.82, 2.24) is 5.32 Å². The van der Waals surface area contributed by atoms with E-state index in [2.05, 4.69) is 5.32 Å². The van der Waals surface area contributed by atoms with Crippen molar-refractivity contribution in [3.05, 3.63) is 0 Å². The number of hydrogen-bond donors (Lipinski definition) is 1. The van der Waals surface area contributed by atoms with Gasteiger partial charge in [-0.2, -0.15) is 5.26 Å². The predicted octanol–water partition coefficient (Wildman–Crippen LogP) is -0.161. The summed E-state index contributed by atoms with van der Waals surface area (Å²) in [5.74, 6) is -0.308. The molecular formula is C9H14N2O3S. The zero-order chi connectivity index (χ0) is 11.7. The van der Waals surface area contributed by atoms with Gasteiger partial charge in [0.25, 0.3) is 0 Å². The fourth-order valence-electron chi connectivity index (χ4n) is 1.33. The van der Waals surface area contributed by atoms with Crippen molar-refractivity contribution in [3.63, 3.8) is 0 Å². The Balaban J connectivity index is 2.59. The second kappa shape index (κ2) is 3.81. The van der Waals surface area contributed by atoms with Crippen LogP contribution in [-0.4, -0.2) is 31.9 Å². The first-order chi connectivity index (χ1) is 6.77. The number of amides is 1. The van der Waals surface area contributed by atoms with Crippen molar-refractivity contribution >= 4 is 15.7 Å². The van der Waals surface area contributed by atoms with E-state index < -0.39 is 21.2 Å². The minimum absolute atomic E-state index is 0.0136. The molecular weight excluding hydrogens is 216 g/mol. The average molecular weight is 230 g/mol. The summed E-state index contributed by atoms with van der Waals surface area (Å²) in [6.07, 6.45) is 0.440. The van der Waals surface area contributed by atoms with Crippen LogP contribution in [0, 0.1) is 16.7 Å². The molecule has 0 bridgehead atoms. The third-order valence-electron chi connectivity index (χ3n) is 2.41. The molecule has 1 amide bonds. The molecule has 1 rings (SSSR count). The van der Waals surface area contributed by atoms with Gasteiger partial charge in [-0.1, -0.05) is 0 Å². The van der Waals surface area contributed by atoms with E-state index in [1.807, 2.05) is 6.07 Å². The largest absolute Gasteiger partial charge is 0.351 e. The number of nitrogens with zero attached hydrogens (tertiary/aromatic N) is 1. The number of nitriles is 1. The molecule has 1 saturated heterocycles. The molecule has 15 heavy (non-hydrogen) atoms. The van der Waals surface area contributed by atoms with Gasteiger partial charge in [-0.15, -0.1) is 0 Å². The Morgan fingerprint density at radius 3 is 2.53 bits per heavy atom. The van der Waals surface area contributed by atoms with Gasteiger partial charge in [0, 0.05) is 6.04 Å². The van der Waals surface area contributed by atoms with Gasteiger partial charge < -0.3 is 5.32 Å². The van der Waals surface area contributed by atoms with Gasteiger partial charge >= 0.3 is 0 Å². The van der Waals surface area contributed by atoms with E-state index in [0.717, 1.165) is 0 Å². The number of carbonyl (C=O) groups is 1. The van der Waals surface area contributed by atoms with Crippen molar-refractivity contribution in [2.45, 2.75) is 26.3 Å². The lowest BCUT2D eigenvalue weighted by molar-refractivity contribution is -0.127. The zero-order valence-electron chi connectivity index (χ0n) is 8.78. The molecule has 0 aliphatic carbocycles. The van der Waals surface area contributed by atoms with E-state index in [-0.39, 0.29) is 17.5 Å². The lowest BCUT2D eigenvalue weighted by atomic mass is 9.94. The van der Waals surface area contributed by atoms with Crippen LogP contribution in [0.3, 0.4) is 0 Å². The molecule has 0 aromatic heterocycles. The number of nitrogens with one attached hydrogen (secondary N) is 1. The van der Waals surface area contributed by atoms with E-state index in [1.54, 1.807) is 0 Å². The van der Waals surface area contributed by atoms with Crippen LogP contribution in [0.5, 0.6) is 0 Å². The smallest absolute Gasteiger partial charge is 0.240 e. The average Bonchev–Trinajstić information content (AvgIpc) is 2.45. The van der Waals surface area contributed by atoms with Crippen molar-refractivity contribution in [2.24, 2.45) is 5.41 Å². The zero-order valence-corrected chi connectivity index (χ0v) is 9.60. The number of rotatable bonds is 2. The number of sulfone groups is 1. The quantitative estimate of drug-likeness (QED) is 0.714. The maximum Gasteiger partial charge on any atom is 0.240 e. The van der Waals surface area contributed by atoms with Crippen LogP contribution in [0.1, 0.15) is 20.3 Å². The van der Waals surface area contributed by atoms with E-state index in [4.69, 9.17) is 5.26 Å². The summed E-state index contributed by atoms with van der Waals surface area (Å²) in [6, 6.07) is 1.54. The summed E-state index contributed by atoms with van der Waals surface area (Å²) >= 11 is 0. The highest BCUT2D eigenvalue weighted by molar-refractivity contribution is 7.91. The highest BCUT2D eigenvalue weighted by atomic mass is 32.2. The van der Waals surface area contributed by atoms with E-state index in [0.29, 0.717) is 6.42 Å². The molecule has 1 N–H and O–H groups in total. The molecule has 6 heteroatoms. The minimum atomic E-state index is -2.99. The van der Waals surface area contributed by atoms with Crippen LogP contribution < -0.4 is 5.32 Å². The van der Waals surface area contributed by atoms with Crippen LogP contribution >= 0.6 is 0 Å². The Kier molecular flexibility index (Phi) is 3.05. The Bertz CT molecular complexity index is 406. The molecule has 1 aliphatic rings. The summed E-state index contributed by atoms with van der Waals surface area (Å²) in [7, 11) is -2.99. The van der Waals surface area contributed by atoms with Crippen molar-refractivity contribution in [1.29, 1.82) is 5.26 Å². The molecule has 0 aromatic carbocycles. The van der Waals surface area contributed by atoms with Crippen LogP contribution in [0.15, 0.2) is 0 Å². The lowest BCUT2D eigenvalue weighted by Crippen LogP contribution is -2.42. The van der Waals surface area contributed by atoms with E-state index >= 15 is 0 Å². The minimum Gasteiger partial charge on any atom is -0.351 e. The molecule has 0 aromatic rings. The van der Waals surface area contributed by atoms with Crippen LogP contribution in [0.4, 0.5) is 0 Å². The van der Waals surface area contributed by atoms with Gasteiger partial charge in [0.1, 0.15) is 5.41 Å². The van der Waals surface area contributed by atoms with E-state index in [1.165, 1.54) is 13.8 Å². The van der Waals surface area contributed by atoms with Gasteiger partial charge in [-0.3, -0.25) is 4.79 Å². The molecule has 84 valence electrons. The van der Waals surface area contributed by atoms with Crippen LogP contribution in [0.25, 0.3) is 0 Å². The summed E-state index contributed by atoms with van der Waals surface area (Å²) in [6.45, 7) is 3.01. The first kappa shape index (κ1) is 12.0. The Labute approximate surface area is 89.4 Å². The molecule has 1 heterocycles. The standard InChI is InChI=1S/C9H14N2O3S/c1-9(2,6-10)8(12)11-7-3-4-15(13,14)5-7/h7H,3-5H2,1-2H3,(H,11,12). The third-order valence-corrected chi connectivity index (χ3v) is 4.18. The van der Waals surface area contributed by atoms with Gasteiger partial charge in [0.15, 0.2) is 9.84 Å². The summed E-state index contributed by atoms with van der Waals surface area (Å²) in [4.78, 5) is 11.5. The topological polar surface area (TPSA) is 87.0 Å². The highest BCUT2D eigenvalue weighted by Gasteiger charge is 2.33. The van der Waals surface area contributed by atoms with Gasteiger partial charge in [0.2, 0.25) is 5.91 Å². The third kappa shape index (κ3) is 2.93. The maximum absolute atomic E-state index is 11.5. The number of carbonyl (C=O) groups excluding carboxylic acids is 1. The molecule has 1 fully saturated rings. The van der Waals surface area contributed by atoms with Crippen LogP contribution in [-0.2, 0) is 14.6 Å². The molecule has 0 radical (unpaired) electrons. The molecule has 5 nitrogen and oxygen atoms in total. The normalized spacial score (nSPS) is 24.5. The molecule has 1 atom stereocenters. The predicted molar refractivity (Wildman–Crippen MR) is 54.6 cm³/mol. The van der Waals surface area contributed by atoms with Crippen molar-refractivity contribution < 1.29 is 13.2 Å². The Morgan fingerprint density at radius 2 is 2.13 bits per heavy atom. The fraction of sp³-hybridized carbons (Fsp3) is 0.778. The maximum atomic E-state index is 11.5. The first-order valence-corrected chi connectivity index (χ1v) is 6.51. The number of hydrogen-bond acceptors (Lipinski definition) is 4. The summed E-state index contributed by atoms with van der Waals surface area (Å²) < 4.78 is 22.3. The molecule has 1 aliphatic heterocycles. The summed E-state index contributed by atoms with van der Waals surface area (Å²) in [5.41, 5.74) is -1.10. The first-order valence-electron chi connectivity index (χ1n) is 4.69. The molecule has 1 unspecified atom stereocenters. The highest BCUT2D eigenvalue weighted by Crippen LogP contribution is 2.16. The molecule has 0 spiro atoms. The van der Waals surface area contributed by atoms with Gasteiger partial charge in [0.05, 0.1) is 17.6 Å². The van der Waals surface area contributed by atoms with Crippen molar-refractivity contribution in [2.75, 3.05) is 11.5 Å². The van der Waals surface area contributed by atoms with Crippen molar-refractivity contribution in [3.8, 4) is 6.07 Å².